The molecule has 138 valence electrons. The van der Waals surface area contributed by atoms with Crippen LogP contribution < -0.4 is 5.32 Å². The zero-order chi connectivity index (χ0) is 18.4. The smallest absolute Gasteiger partial charge is 0.255 e. The summed E-state index contributed by atoms with van der Waals surface area (Å²) in [6.45, 7) is 3.19. The first-order valence-electron chi connectivity index (χ1n) is 9.36. The minimum absolute atomic E-state index is 0.124. The Labute approximate surface area is 156 Å². The van der Waals surface area contributed by atoms with Crippen molar-refractivity contribution in [2.75, 3.05) is 19.6 Å². The van der Waals surface area contributed by atoms with E-state index in [-0.39, 0.29) is 17.8 Å². The summed E-state index contributed by atoms with van der Waals surface area (Å²) in [5.41, 5.74) is 2.26. The lowest BCUT2D eigenvalue weighted by Crippen LogP contribution is -2.57. The standard InChI is InChI=1S/C21H20FN3O2/c22-15-6-4-14(5-7-15)21-24-17-3-1-2-16(19(17)27-21)20(26)23-18-12-25-10-8-13(18)9-11-25/h1-7,13,18H,8-12H2,(H,23,26). The molecule has 2 aromatic carbocycles. The summed E-state index contributed by atoms with van der Waals surface area (Å²) in [5, 5.41) is 3.20. The van der Waals surface area contributed by atoms with Crippen LogP contribution in [0.3, 0.4) is 0 Å². The maximum atomic E-state index is 13.2. The zero-order valence-corrected chi connectivity index (χ0v) is 14.8. The van der Waals surface area contributed by atoms with Crippen molar-refractivity contribution in [3.05, 3.63) is 53.8 Å². The summed E-state index contributed by atoms with van der Waals surface area (Å²) < 4.78 is 19.0. The van der Waals surface area contributed by atoms with E-state index in [4.69, 9.17) is 4.42 Å². The van der Waals surface area contributed by atoms with Crippen LogP contribution in [0.1, 0.15) is 23.2 Å². The SMILES string of the molecule is O=C(NC1CN2CCC1CC2)c1cccc2nc(-c3ccc(F)cc3)oc12. The Kier molecular flexibility index (Phi) is 3.93. The van der Waals surface area contributed by atoms with Crippen LogP contribution in [0.15, 0.2) is 46.9 Å². The second-order valence-electron chi connectivity index (χ2n) is 7.40. The predicted octanol–water partition coefficient (Wildman–Crippen LogP) is 3.46. The topological polar surface area (TPSA) is 58.4 Å². The summed E-state index contributed by atoms with van der Waals surface area (Å²) in [5.74, 6) is 0.504. The zero-order valence-electron chi connectivity index (χ0n) is 14.8. The van der Waals surface area contributed by atoms with Crippen LogP contribution in [-0.4, -0.2) is 41.5 Å². The molecule has 1 atom stereocenters. The fraction of sp³-hybridized carbons (Fsp3) is 0.333. The second-order valence-corrected chi connectivity index (χ2v) is 7.40. The van der Waals surface area contributed by atoms with Crippen LogP contribution in [0.5, 0.6) is 0 Å². The van der Waals surface area contributed by atoms with Gasteiger partial charge in [0.05, 0.1) is 5.56 Å². The summed E-state index contributed by atoms with van der Waals surface area (Å²) in [6, 6.07) is 11.5. The lowest BCUT2D eigenvalue weighted by molar-refractivity contribution is 0.0621. The molecule has 3 aliphatic rings. The van der Waals surface area contributed by atoms with E-state index >= 15 is 0 Å². The van der Waals surface area contributed by atoms with Crippen LogP contribution in [0.25, 0.3) is 22.6 Å². The first-order chi connectivity index (χ1) is 13.2. The molecule has 1 N–H and O–H groups in total. The first kappa shape index (κ1) is 16.4. The van der Waals surface area contributed by atoms with Crippen molar-refractivity contribution < 1.29 is 13.6 Å². The van der Waals surface area contributed by atoms with Crippen LogP contribution in [0.2, 0.25) is 0 Å². The van der Waals surface area contributed by atoms with Crippen LogP contribution >= 0.6 is 0 Å². The summed E-state index contributed by atoms with van der Waals surface area (Å²) in [4.78, 5) is 19.8. The molecule has 1 unspecified atom stereocenters. The maximum Gasteiger partial charge on any atom is 0.255 e. The van der Waals surface area contributed by atoms with E-state index in [1.165, 1.54) is 12.1 Å². The number of nitrogens with zero attached hydrogens (tertiary/aromatic N) is 2. The number of carbonyl (C=O) groups is 1. The Bertz CT molecular complexity index is 990. The normalized spacial score (nSPS) is 24.3. The number of carbonyl (C=O) groups excluding carboxylic acids is 1. The fourth-order valence-electron chi connectivity index (χ4n) is 4.22. The molecule has 1 amide bonds. The molecule has 5 nitrogen and oxygen atoms in total. The number of hydrogen-bond acceptors (Lipinski definition) is 4. The maximum absolute atomic E-state index is 13.2. The molecular formula is C21H20FN3O2. The highest BCUT2D eigenvalue weighted by Gasteiger charge is 2.35. The quantitative estimate of drug-likeness (QED) is 0.772. The number of halogens is 1. The second kappa shape index (κ2) is 6.46. The highest BCUT2D eigenvalue weighted by Crippen LogP contribution is 2.29. The van der Waals surface area contributed by atoms with Gasteiger partial charge in [-0.15, -0.1) is 0 Å². The third-order valence-electron chi connectivity index (χ3n) is 5.72. The van der Waals surface area contributed by atoms with Crippen molar-refractivity contribution in [3.8, 4) is 11.5 Å². The lowest BCUT2D eigenvalue weighted by atomic mass is 9.84. The molecule has 27 heavy (non-hydrogen) atoms. The minimum atomic E-state index is -0.313. The molecule has 3 aromatic rings. The van der Waals surface area contributed by atoms with E-state index in [1.807, 2.05) is 12.1 Å². The molecule has 3 saturated heterocycles. The van der Waals surface area contributed by atoms with Gasteiger partial charge in [-0.25, -0.2) is 9.37 Å². The van der Waals surface area contributed by atoms with Gasteiger partial charge in [0.2, 0.25) is 5.89 Å². The molecule has 3 aliphatic heterocycles. The number of amides is 1. The molecule has 6 rings (SSSR count). The van der Waals surface area contributed by atoms with Crippen LogP contribution in [0, 0.1) is 11.7 Å². The predicted molar refractivity (Wildman–Crippen MR) is 99.8 cm³/mol. The third-order valence-corrected chi connectivity index (χ3v) is 5.72. The van der Waals surface area contributed by atoms with E-state index in [1.54, 1.807) is 18.2 Å². The highest BCUT2D eigenvalue weighted by molar-refractivity contribution is 6.04. The average molecular weight is 365 g/mol. The Morgan fingerprint density at radius 3 is 2.63 bits per heavy atom. The van der Waals surface area contributed by atoms with Gasteiger partial charge in [0.15, 0.2) is 5.58 Å². The van der Waals surface area contributed by atoms with E-state index < -0.39 is 0 Å². The fourth-order valence-corrected chi connectivity index (χ4v) is 4.22. The number of oxazole rings is 1. The molecular weight excluding hydrogens is 345 g/mol. The van der Waals surface area contributed by atoms with E-state index in [0.717, 1.165) is 32.5 Å². The molecule has 0 spiro atoms. The van der Waals surface area contributed by atoms with Crippen molar-refractivity contribution in [2.24, 2.45) is 5.92 Å². The van der Waals surface area contributed by atoms with Gasteiger partial charge in [0, 0.05) is 18.2 Å². The van der Waals surface area contributed by atoms with Gasteiger partial charge in [-0.2, -0.15) is 0 Å². The van der Waals surface area contributed by atoms with E-state index in [2.05, 4.69) is 15.2 Å². The molecule has 3 fully saturated rings. The Morgan fingerprint density at radius 1 is 1.15 bits per heavy atom. The van der Waals surface area contributed by atoms with Crippen LogP contribution in [-0.2, 0) is 0 Å². The molecule has 1 aromatic heterocycles. The number of hydrogen-bond donors (Lipinski definition) is 1. The van der Waals surface area contributed by atoms with Crippen LogP contribution in [0.4, 0.5) is 4.39 Å². The van der Waals surface area contributed by atoms with Crippen molar-refractivity contribution in [2.45, 2.75) is 18.9 Å². The molecule has 0 aliphatic carbocycles. The highest BCUT2D eigenvalue weighted by atomic mass is 19.1. The number of piperidine rings is 3. The molecule has 2 bridgehead atoms. The van der Waals surface area contributed by atoms with Gasteiger partial charge in [0.1, 0.15) is 11.3 Å². The summed E-state index contributed by atoms with van der Waals surface area (Å²) in [6.07, 6.45) is 2.29. The Hall–Kier alpha value is -2.73. The molecule has 6 heteroatoms. The minimum Gasteiger partial charge on any atom is -0.435 e. The van der Waals surface area contributed by atoms with Gasteiger partial charge in [-0.1, -0.05) is 6.07 Å². The van der Waals surface area contributed by atoms with Gasteiger partial charge < -0.3 is 14.6 Å². The molecule has 0 radical (unpaired) electrons. The van der Waals surface area contributed by atoms with E-state index in [0.29, 0.717) is 34.0 Å². The van der Waals surface area contributed by atoms with E-state index in [9.17, 15) is 9.18 Å². The molecule has 4 heterocycles. The third kappa shape index (κ3) is 3.00. The largest absolute Gasteiger partial charge is 0.435 e. The monoisotopic (exact) mass is 365 g/mol. The first-order valence-corrected chi connectivity index (χ1v) is 9.36. The van der Waals surface area contributed by atoms with Gasteiger partial charge in [0.25, 0.3) is 5.91 Å². The number of nitrogens with one attached hydrogen (secondary N) is 1. The average Bonchev–Trinajstić information content (AvgIpc) is 3.13. The molecule has 0 saturated carbocycles. The number of benzene rings is 2. The Morgan fingerprint density at radius 2 is 1.93 bits per heavy atom. The lowest BCUT2D eigenvalue weighted by Gasteiger charge is -2.44. The van der Waals surface area contributed by atoms with Crippen molar-refractivity contribution >= 4 is 17.0 Å². The number of aromatic nitrogens is 1. The van der Waals surface area contributed by atoms with Gasteiger partial charge >= 0.3 is 0 Å². The summed E-state index contributed by atoms with van der Waals surface area (Å²) >= 11 is 0. The number of para-hydroxylation sites is 1. The van der Waals surface area contributed by atoms with Crippen molar-refractivity contribution in [1.82, 2.24) is 15.2 Å². The van der Waals surface area contributed by atoms with Crippen molar-refractivity contribution in [1.29, 1.82) is 0 Å². The van der Waals surface area contributed by atoms with Crippen molar-refractivity contribution in [3.63, 3.8) is 0 Å². The Balaban J connectivity index is 1.44. The number of fused-ring (bicyclic) bond motifs is 4. The van der Waals surface area contributed by atoms with Gasteiger partial charge in [-0.3, -0.25) is 4.79 Å². The summed E-state index contributed by atoms with van der Waals surface area (Å²) in [7, 11) is 0. The number of rotatable bonds is 3. The van der Waals surface area contributed by atoms with Gasteiger partial charge in [-0.05, 0) is 68.2 Å².